The van der Waals surface area contributed by atoms with Crippen molar-refractivity contribution in [3.8, 4) is 11.5 Å². The van der Waals surface area contributed by atoms with Gasteiger partial charge in [-0.25, -0.2) is 0 Å². The molecule has 228 valence electrons. The average molecular weight is 635 g/mol. The Hall–Kier alpha value is -3.47. The number of Topliss-reactive ketones (excluding diaryl/α,β-unsaturated/α-hetero) is 1. The first-order chi connectivity index (χ1) is 20.7. The molecule has 0 amide bonds. The number of pyridine rings is 1. The summed E-state index contributed by atoms with van der Waals surface area (Å²) in [6.45, 7) is -2.13. The average Bonchev–Trinajstić information content (AvgIpc) is 3.69. The molecule has 2 fully saturated rings. The van der Waals surface area contributed by atoms with E-state index in [0.717, 1.165) is 25.2 Å². The fraction of sp³-hybridized carbons (Fsp3) is 0.387. The SMILES string of the molecule is O=C(CN1CCC[C@H]1C(=O)O[C@@H](Cc1c(Cl)c[n+]([O-])cc1Cl)c1ccc(OC(F)F)c(OCC2CC2)c1)c1ccccc1. The molecule has 1 aromatic heterocycles. The third kappa shape index (κ3) is 8.13. The quantitative estimate of drug-likeness (QED) is 0.0958. The summed E-state index contributed by atoms with van der Waals surface area (Å²) in [7, 11) is 0. The van der Waals surface area contributed by atoms with Crippen LogP contribution in [0.15, 0.2) is 60.9 Å². The largest absolute Gasteiger partial charge is 0.619 e. The first kappa shape index (κ1) is 31.0. The Morgan fingerprint density at radius 1 is 1.02 bits per heavy atom. The normalized spacial score (nSPS) is 17.6. The lowest BCUT2D eigenvalue weighted by Gasteiger charge is -2.26. The first-order valence-corrected chi connectivity index (χ1v) is 14.7. The maximum atomic E-state index is 13.6. The van der Waals surface area contributed by atoms with E-state index in [-0.39, 0.29) is 40.3 Å². The van der Waals surface area contributed by atoms with Crippen molar-refractivity contribution in [1.29, 1.82) is 0 Å². The van der Waals surface area contributed by atoms with Crippen molar-refractivity contribution in [2.45, 2.75) is 50.9 Å². The number of ether oxygens (including phenoxy) is 3. The van der Waals surface area contributed by atoms with Crippen LogP contribution in [0.2, 0.25) is 10.0 Å². The van der Waals surface area contributed by atoms with Gasteiger partial charge >= 0.3 is 12.6 Å². The Morgan fingerprint density at radius 2 is 1.74 bits per heavy atom. The van der Waals surface area contributed by atoms with Crippen LogP contribution in [0.3, 0.4) is 0 Å². The molecule has 2 aliphatic rings. The number of carbonyl (C=O) groups is 2. The van der Waals surface area contributed by atoms with Gasteiger partial charge in [-0.15, -0.1) is 0 Å². The van der Waals surface area contributed by atoms with Gasteiger partial charge in [0.15, 0.2) is 29.7 Å². The Balaban J connectivity index is 1.41. The van der Waals surface area contributed by atoms with Crippen LogP contribution >= 0.6 is 23.2 Å². The highest BCUT2D eigenvalue weighted by Gasteiger charge is 2.35. The zero-order chi connectivity index (χ0) is 30.5. The highest BCUT2D eigenvalue weighted by atomic mass is 35.5. The third-order valence-corrected chi connectivity index (χ3v) is 8.16. The molecule has 3 aromatic rings. The maximum absolute atomic E-state index is 13.6. The van der Waals surface area contributed by atoms with Crippen molar-refractivity contribution in [2.75, 3.05) is 19.7 Å². The molecule has 0 N–H and O–H groups in total. The van der Waals surface area contributed by atoms with Gasteiger partial charge in [0.1, 0.15) is 22.2 Å². The molecular formula is C31H30Cl2F2N2O6. The number of halogens is 4. The van der Waals surface area contributed by atoms with Crippen LogP contribution in [0.25, 0.3) is 0 Å². The predicted octanol–water partition coefficient (Wildman–Crippen LogP) is 6.19. The molecule has 2 aromatic carbocycles. The minimum absolute atomic E-state index is 0.0168. The maximum Gasteiger partial charge on any atom is 0.387 e. The summed E-state index contributed by atoms with van der Waals surface area (Å²) in [5.41, 5.74) is 1.34. The number of ketones is 1. The molecule has 12 heteroatoms. The number of alkyl halides is 2. The number of hydrogen-bond acceptors (Lipinski definition) is 7. The number of benzene rings is 2. The Bertz CT molecular complexity index is 1430. The third-order valence-electron chi connectivity index (χ3n) is 7.51. The smallest absolute Gasteiger partial charge is 0.387 e. The molecular weight excluding hydrogens is 605 g/mol. The summed E-state index contributed by atoms with van der Waals surface area (Å²) in [6, 6.07) is 12.5. The lowest BCUT2D eigenvalue weighted by Crippen LogP contribution is -2.41. The van der Waals surface area contributed by atoms with E-state index < -0.39 is 24.7 Å². The summed E-state index contributed by atoms with van der Waals surface area (Å²) in [4.78, 5) is 28.3. The van der Waals surface area contributed by atoms with Crippen LogP contribution in [0.4, 0.5) is 8.78 Å². The van der Waals surface area contributed by atoms with Crippen molar-refractivity contribution in [1.82, 2.24) is 4.90 Å². The lowest BCUT2D eigenvalue weighted by molar-refractivity contribution is -0.605. The van der Waals surface area contributed by atoms with Crippen LogP contribution in [-0.4, -0.2) is 49.0 Å². The molecule has 0 radical (unpaired) electrons. The molecule has 1 aliphatic carbocycles. The lowest BCUT2D eigenvalue weighted by atomic mass is 10.0. The summed E-state index contributed by atoms with van der Waals surface area (Å²) >= 11 is 12.7. The van der Waals surface area contributed by atoms with Crippen molar-refractivity contribution >= 4 is 35.0 Å². The molecule has 0 unspecified atom stereocenters. The predicted molar refractivity (Wildman–Crippen MR) is 155 cm³/mol. The van der Waals surface area contributed by atoms with E-state index >= 15 is 0 Å². The second kappa shape index (κ2) is 13.9. The molecule has 2 atom stereocenters. The van der Waals surface area contributed by atoms with Gasteiger partial charge in [0.25, 0.3) is 0 Å². The van der Waals surface area contributed by atoms with Gasteiger partial charge in [0.05, 0.1) is 13.2 Å². The van der Waals surface area contributed by atoms with Crippen LogP contribution < -0.4 is 14.2 Å². The van der Waals surface area contributed by atoms with Crippen LogP contribution in [0.1, 0.15) is 53.3 Å². The second-order valence-corrected chi connectivity index (χ2v) is 11.5. The minimum atomic E-state index is -3.06. The molecule has 43 heavy (non-hydrogen) atoms. The van der Waals surface area contributed by atoms with Crippen LogP contribution in [0, 0.1) is 11.1 Å². The summed E-state index contributed by atoms with van der Waals surface area (Å²) < 4.78 is 43.3. The Labute approximate surface area is 257 Å². The number of nitrogens with zero attached hydrogens (tertiary/aromatic N) is 2. The first-order valence-electron chi connectivity index (χ1n) is 14.0. The molecule has 5 rings (SSSR count). The van der Waals surface area contributed by atoms with Gasteiger partial charge in [-0.1, -0.05) is 59.6 Å². The standard InChI is InChI=1S/C31H30Cl2F2N2O6/c32-23-15-37(40)16-24(33)22(23)14-28(21-10-11-27(43-31(34)35)29(13-21)41-18-19-8-9-19)42-30(39)25-7-4-12-36(25)17-26(38)20-5-2-1-3-6-20/h1-3,5-6,10-11,13,15-16,19,25,28,31H,4,7-9,12,14,17-18H2/t25-,28-/m0/s1. The molecule has 1 aliphatic heterocycles. The topological polar surface area (TPSA) is 92.0 Å². The molecule has 0 bridgehead atoms. The van der Waals surface area contributed by atoms with Crippen LogP contribution in [-0.2, 0) is 16.0 Å². The Kier molecular flexibility index (Phi) is 10.00. The summed E-state index contributed by atoms with van der Waals surface area (Å²) in [5.74, 6) is -0.390. The van der Waals surface area contributed by atoms with Crippen molar-refractivity contribution in [2.24, 2.45) is 5.92 Å². The van der Waals surface area contributed by atoms with E-state index in [4.69, 9.17) is 32.7 Å². The van der Waals surface area contributed by atoms with Gasteiger partial charge in [0, 0.05) is 17.5 Å². The highest BCUT2D eigenvalue weighted by molar-refractivity contribution is 6.35. The zero-order valence-electron chi connectivity index (χ0n) is 23.1. The molecule has 2 heterocycles. The summed E-state index contributed by atoms with van der Waals surface area (Å²) in [5, 5.41) is 12.0. The fourth-order valence-electron chi connectivity index (χ4n) is 5.06. The number of hydrogen-bond donors (Lipinski definition) is 0. The van der Waals surface area contributed by atoms with Crippen molar-refractivity contribution in [3.05, 3.63) is 92.9 Å². The zero-order valence-corrected chi connectivity index (χ0v) is 24.6. The van der Waals surface area contributed by atoms with Gasteiger partial charge < -0.3 is 19.4 Å². The molecule has 8 nitrogen and oxygen atoms in total. The van der Waals surface area contributed by atoms with Crippen LogP contribution in [0.5, 0.6) is 11.5 Å². The minimum Gasteiger partial charge on any atom is -0.619 e. The van der Waals surface area contributed by atoms with E-state index in [2.05, 4.69) is 4.74 Å². The highest BCUT2D eigenvalue weighted by Crippen LogP contribution is 2.38. The number of esters is 1. The molecule has 0 spiro atoms. The monoisotopic (exact) mass is 634 g/mol. The van der Waals surface area contributed by atoms with E-state index in [0.29, 0.717) is 53.3 Å². The number of carbonyl (C=O) groups excluding carboxylic acids is 2. The van der Waals surface area contributed by atoms with E-state index in [1.54, 1.807) is 29.2 Å². The number of aromatic nitrogens is 1. The van der Waals surface area contributed by atoms with Gasteiger partial charge in [-0.3, -0.25) is 14.5 Å². The van der Waals surface area contributed by atoms with Gasteiger partial charge in [-0.05, 0) is 55.8 Å². The van der Waals surface area contributed by atoms with E-state index in [9.17, 15) is 23.6 Å². The van der Waals surface area contributed by atoms with E-state index in [1.807, 2.05) is 6.07 Å². The van der Waals surface area contributed by atoms with E-state index in [1.165, 1.54) is 18.2 Å². The van der Waals surface area contributed by atoms with Gasteiger partial charge in [-0.2, -0.15) is 13.5 Å². The number of rotatable bonds is 13. The van der Waals surface area contributed by atoms with Gasteiger partial charge in [0.2, 0.25) is 0 Å². The van der Waals surface area contributed by atoms with Crippen molar-refractivity contribution < 1.29 is 37.3 Å². The Morgan fingerprint density at radius 3 is 2.42 bits per heavy atom. The fourth-order valence-corrected chi connectivity index (χ4v) is 5.66. The second-order valence-electron chi connectivity index (χ2n) is 10.7. The summed E-state index contributed by atoms with van der Waals surface area (Å²) in [6.07, 6.45) is 4.44. The van der Waals surface area contributed by atoms with Crippen molar-refractivity contribution in [3.63, 3.8) is 0 Å². The molecule has 1 saturated carbocycles. The number of likely N-dealkylation sites (tertiary alicyclic amines) is 1. The molecule has 1 saturated heterocycles.